The number of ether oxygens (including phenoxy) is 2. The first-order valence-electron chi connectivity index (χ1n) is 5.64. The Balaban J connectivity index is 2.74. The van der Waals surface area contributed by atoms with Gasteiger partial charge < -0.3 is 9.47 Å². The van der Waals surface area contributed by atoms with Crippen LogP contribution in [0.3, 0.4) is 0 Å². The molecule has 0 heterocycles. The van der Waals surface area contributed by atoms with Crippen molar-refractivity contribution in [3.8, 4) is 0 Å². The van der Waals surface area contributed by atoms with Crippen LogP contribution in [0.5, 0.6) is 0 Å². The van der Waals surface area contributed by atoms with Crippen LogP contribution in [-0.2, 0) is 14.3 Å². The third-order valence-electron chi connectivity index (χ3n) is 2.37. The summed E-state index contributed by atoms with van der Waals surface area (Å²) >= 11 is 3.36. The summed E-state index contributed by atoms with van der Waals surface area (Å²) in [4.78, 5) is 11.6. The number of esters is 1. The molecule has 94 valence electrons. The molecule has 0 saturated heterocycles. The molecule has 0 fully saturated rings. The average Bonchev–Trinajstić information content (AvgIpc) is 2.35. The van der Waals surface area contributed by atoms with Crippen LogP contribution >= 0.6 is 15.9 Å². The molecule has 0 aromatic heterocycles. The molecule has 1 aromatic carbocycles. The van der Waals surface area contributed by atoms with Crippen molar-refractivity contribution in [2.75, 3.05) is 13.7 Å². The van der Waals surface area contributed by atoms with Crippen molar-refractivity contribution in [2.24, 2.45) is 0 Å². The van der Waals surface area contributed by atoms with Gasteiger partial charge in [0, 0.05) is 11.1 Å². The normalized spacial score (nSPS) is 12.2. The van der Waals surface area contributed by atoms with E-state index in [9.17, 15) is 4.79 Å². The Morgan fingerprint density at radius 3 is 2.53 bits per heavy atom. The summed E-state index contributed by atoms with van der Waals surface area (Å²) in [6.45, 7) is 2.64. The first kappa shape index (κ1) is 14.2. The molecule has 0 aliphatic carbocycles. The SMILES string of the molecule is CCCCO[C@H](C(=O)OC)c1ccc(Br)cc1. The van der Waals surface area contributed by atoms with Crippen LogP contribution in [0.2, 0.25) is 0 Å². The molecule has 0 bridgehead atoms. The van der Waals surface area contributed by atoms with E-state index >= 15 is 0 Å². The molecule has 4 heteroatoms. The van der Waals surface area contributed by atoms with Crippen molar-refractivity contribution in [1.82, 2.24) is 0 Å². The van der Waals surface area contributed by atoms with Crippen LogP contribution in [0.25, 0.3) is 0 Å². The second-order valence-electron chi connectivity index (χ2n) is 3.68. The fourth-order valence-electron chi connectivity index (χ4n) is 1.39. The third-order valence-corrected chi connectivity index (χ3v) is 2.90. The highest BCUT2D eigenvalue weighted by atomic mass is 79.9. The van der Waals surface area contributed by atoms with Crippen LogP contribution in [0.4, 0.5) is 0 Å². The third kappa shape index (κ3) is 4.48. The Labute approximate surface area is 110 Å². The van der Waals surface area contributed by atoms with Gasteiger partial charge in [-0.1, -0.05) is 41.4 Å². The van der Waals surface area contributed by atoms with E-state index in [1.165, 1.54) is 7.11 Å². The predicted octanol–water partition coefficient (Wildman–Crippen LogP) is 3.48. The molecule has 1 atom stereocenters. The monoisotopic (exact) mass is 300 g/mol. The van der Waals surface area contributed by atoms with Crippen molar-refractivity contribution < 1.29 is 14.3 Å². The summed E-state index contributed by atoms with van der Waals surface area (Å²) in [6.07, 6.45) is 1.35. The second-order valence-corrected chi connectivity index (χ2v) is 4.59. The van der Waals surface area contributed by atoms with Crippen molar-refractivity contribution in [1.29, 1.82) is 0 Å². The summed E-state index contributed by atoms with van der Waals surface area (Å²) in [7, 11) is 1.37. The predicted molar refractivity (Wildman–Crippen MR) is 69.8 cm³/mol. The lowest BCUT2D eigenvalue weighted by Crippen LogP contribution is -2.18. The van der Waals surface area contributed by atoms with Gasteiger partial charge in [-0.25, -0.2) is 4.79 Å². The Morgan fingerprint density at radius 2 is 2.00 bits per heavy atom. The number of unbranched alkanes of at least 4 members (excludes halogenated alkanes) is 1. The molecule has 0 N–H and O–H groups in total. The van der Waals surface area contributed by atoms with Gasteiger partial charge in [0.15, 0.2) is 6.10 Å². The fourth-order valence-corrected chi connectivity index (χ4v) is 1.65. The van der Waals surface area contributed by atoms with E-state index in [2.05, 4.69) is 22.9 Å². The summed E-state index contributed by atoms with van der Waals surface area (Å²) < 4.78 is 11.3. The molecule has 0 aliphatic heterocycles. The van der Waals surface area contributed by atoms with Gasteiger partial charge in [-0.15, -0.1) is 0 Å². The Bertz CT molecular complexity index is 348. The summed E-state index contributed by atoms with van der Waals surface area (Å²) in [5.74, 6) is -0.358. The van der Waals surface area contributed by atoms with Gasteiger partial charge in [-0.3, -0.25) is 0 Å². The Hall–Kier alpha value is -0.870. The van der Waals surface area contributed by atoms with E-state index in [4.69, 9.17) is 9.47 Å². The van der Waals surface area contributed by atoms with Crippen LogP contribution in [0.15, 0.2) is 28.7 Å². The molecule has 0 radical (unpaired) electrons. The first-order chi connectivity index (χ1) is 8.19. The van der Waals surface area contributed by atoms with Crippen LogP contribution in [-0.4, -0.2) is 19.7 Å². The van der Waals surface area contributed by atoms with Gasteiger partial charge in [0.1, 0.15) is 0 Å². The van der Waals surface area contributed by atoms with Gasteiger partial charge in [-0.05, 0) is 24.1 Å². The largest absolute Gasteiger partial charge is 0.467 e. The van der Waals surface area contributed by atoms with E-state index in [0.717, 1.165) is 22.9 Å². The number of carbonyl (C=O) groups is 1. The molecular weight excluding hydrogens is 284 g/mol. The topological polar surface area (TPSA) is 35.5 Å². The first-order valence-corrected chi connectivity index (χ1v) is 6.43. The highest BCUT2D eigenvalue weighted by Gasteiger charge is 2.21. The average molecular weight is 301 g/mol. The zero-order valence-electron chi connectivity index (χ0n) is 10.1. The Morgan fingerprint density at radius 1 is 1.35 bits per heavy atom. The molecule has 0 spiro atoms. The number of halogens is 1. The van der Waals surface area contributed by atoms with Crippen molar-refractivity contribution in [2.45, 2.75) is 25.9 Å². The molecule has 0 amide bonds. The number of rotatable bonds is 6. The quantitative estimate of drug-likeness (QED) is 0.596. The van der Waals surface area contributed by atoms with E-state index < -0.39 is 6.10 Å². The maximum Gasteiger partial charge on any atom is 0.339 e. The van der Waals surface area contributed by atoms with Crippen LogP contribution < -0.4 is 0 Å². The summed E-state index contributed by atoms with van der Waals surface area (Å²) in [5, 5.41) is 0. The molecular formula is C13H17BrO3. The Kier molecular flexibility index (Phi) is 6.22. The van der Waals surface area contributed by atoms with Crippen molar-refractivity contribution in [3.63, 3.8) is 0 Å². The van der Waals surface area contributed by atoms with Gasteiger partial charge in [-0.2, -0.15) is 0 Å². The summed E-state index contributed by atoms with van der Waals surface area (Å²) in [5.41, 5.74) is 0.816. The van der Waals surface area contributed by atoms with E-state index in [0.29, 0.717) is 6.61 Å². The zero-order chi connectivity index (χ0) is 12.7. The van der Waals surface area contributed by atoms with E-state index in [-0.39, 0.29) is 5.97 Å². The smallest absolute Gasteiger partial charge is 0.339 e. The summed E-state index contributed by atoms with van der Waals surface area (Å²) in [6, 6.07) is 7.48. The number of carbonyl (C=O) groups excluding carboxylic acids is 1. The van der Waals surface area contributed by atoms with Gasteiger partial charge in [0.2, 0.25) is 0 Å². The lowest BCUT2D eigenvalue weighted by molar-refractivity contribution is -0.154. The van der Waals surface area contributed by atoms with Crippen LogP contribution in [0, 0.1) is 0 Å². The molecule has 0 saturated carbocycles. The van der Waals surface area contributed by atoms with Gasteiger partial charge in [0.05, 0.1) is 7.11 Å². The molecule has 1 rings (SSSR count). The number of hydrogen-bond donors (Lipinski definition) is 0. The molecule has 17 heavy (non-hydrogen) atoms. The zero-order valence-corrected chi connectivity index (χ0v) is 11.7. The van der Waals surface area contributed by atoms with E-state index in [1.807, 2.05) is 24.3 Å². The minimum absolute atomic E-state index is 0.358. The molecule has 0 unspecified atom stereocenters. The second kappa shape index (κ2) is 7.45. The molecule has 1 aromatic rings. The van der Waals surface area contributed by atoms with Gasteiger partial charge >= 0.3 is 5.97 Å². The van der Waals surface area contributed by atoms with Crippen LogP contribution in [0.1, 0.15) is 31.4 Å². The number of methoxy groups -OCH3 is 1. The number of benzene rings is 1. The maximum atomic E-state index is 11.6. The fraction of sp³-hybridized carbons (Fsp3) is 0.462. The standard InChI is InChI=1S/C13H17BrO3/c1-3-4-9-17-12(13(15)16-2)10-5-7-11(14)8-6-10/h5-8,12H,3-4,9H2,1-2H3/t12-/m0/s1. The minimum Gasteiger partial charge on any atom is -0.467 e. The lowest BCUT2D eigenvalue weighted by Gasteiger charge is -2.15. The highest BCUT2D eigenvalue weighted by Crippen LogP contribution is 2.21. The molecule has 0 aliphatic rings. The van der Waals surface area contributed by atoms with Crippen molar-refractivity contribution >= 4 is 21.9 Å². The van der Waals surface area contributed by atoms with Gasteiger partial charge in [0.25, 0.3) is 0 Å². The van der Waals surface area contributed by atoms with Crippen molar-refractivity contribution in [3.05, 3.63) is 34.3 Å². The maximum absolute atomic E-state index is 11.6. The lowest BCUT2D eigenvalue weighted by atomic mass is 10.1. The number of hydrogen-bond acceptors (Lipinski definition) is 3. The molecule has 3 nitrogen and oxygen atoms in total. The minimum atomic E-state index is -0.625. The van der Waals surface area contributed by atoms with E-state index in [1.54, 1.807) is 0 Å². The highest BCUT2D eigenvalue weighted by molar-refractivity contribution is 9.10.